The van der Waals surface area contributed by atoms with Gasteiger partial charge in [0, 0.05) is 31.4 Å². The fraction of sp³-hybridized carbons (Fsp3) is 0.500. The number of carbonyl (C=O) groups is 2. The van der Waals surface area contributed by atoms with Gasteiger partial charge in [0.1, 0.15) is 17.2 Å². The molecule has 1 unspecified atom stereocenters. The lowest BCUT2D eigenvalue weighted by molar-refractivity contribution is 0.0270. The van der Waals surface area contributed by atoms with Gasteiger partial charge in [-0.3, -0.25) is 4.79 Å². The van der Waals surface area contributed by atoms with Crippen molar-refractivity contribution in [1.29, 1.82) is 0 Å². The number of amides is 2. The zero-order valence-electron chi connectivity index (χ0n) is 23.9. The third kappa shape index (κ3) is 6.55. The molecule has 0 bridgehead atoms. The molecule has 12 heteroatoms. The Balaban J connectivity index is 1.67. The number of aromatic nitrogens is 2. The highest BCUT2D eigenvalue weighted by molar-refractivity contribution is 7.90. The van der Waals surface area contributed by atoms with Crippen LogP contribution >= 0.6 is 0 Å². The minimum absolute atomic E-state index is 0.0251. The summed E-state index contributed by atoms with van der Waals surface area (Å²) in [4.78, 5) is 38.3. The number of ether oxygens (including phenoxy) is 1. The van der Waals surface area contributed by atoms with Gasteiger partial charge in [-0.1, -0.05) is 19.1 Å². The van der Waals surface area contributed by atoms with Crippen LogP contribution in [-0.4, -0.2) is 66.1 Å². The summed E-state index contributed by atoms with van der Waals surface area (Å²) in [5, 5.41) is -0.348. The average molecular weight is 571 g/mol. The van der Waals surface area contributed by atoms with Crippen molar-refractivity contribution < 1.29 is 22.7 Å². The molecule has 2 aromatic rings. The molecule has 40 heavy (non-hydrogen) atoms. The number of pyridine rings is 2. The van der Waals surface area contributed by atoms with E-state index in [0.717, 1.165) is 12.0 Å². The third-order valence-electron chi connectivity index (χ3n) is 6.92. The highest BCUT2D eigenvalue weighted by atomic mass is 32.2. The molecule has 0 saturated carbocycles. The summed E-state index contributed by atoms with van der Waals surface area (Å²) in [6.07, 6.45) is 4.64. The number of nitrogens with zero attached hydrogens (tertiary/aromatic N) is 4. The fourth-order valence-electron chi connectivity index (χ4n) is 5.21. The van der Waals surface area contributed by atoms with Gasteiger partial charge in [0.2, 0.25) is 0 Å². The molecule has 0 radical (unpaired) electrons. The van der Waals surface area contributed by atoms with Crippen molar-refractivity contribution in [3.8, 4) is 0 Å². The van der Waals surface area contributed by atoms with E-state index in [1.807, 2.05) is 26.8 Å². The third-order valence-corrected chi connectivity index (χ3v) is 8.15. The number of sulfonamides is 1. The van der Waals surface area contributed by atoms with Crippen molar-refractivity contribution in [2.45, 2.75) is 70.6 Å². The zero-order chi connectivity index (χ0) is 29.5. The lowest BCUT2D eigenvalue weighted by Crippen LogP contribution is -2.41. The topological polar surface area (TPSA) is 148 Å². The summed E-state index contributed by atoms with van der Waals surface area (Å²) in [7, 11) is -4.29. The maximum atomic E-state index is 13.6. The number of nitrogen functional groups attached to an aromatic ring is 1. The lowest BCUT2D eigenvalue weighted by atomic mass is 9.96. The maximum absolute atomic E-state index is 13.6. The largest absolute Gasteiger partial charge is 0.444 e. The Morgan fingerprint density at radius 3 is 2.52 bits per heavy atom. The Kier molecular flexibility index (Phi) is 7.85. The van der Waals surface area contributed by atoms with Gasteiger partial charge in [-0.2, -0.15) is 8.42 Å². The lowest BCUT2D eigenvalue weighted by Gasteiger charge is -2.34. The molecule has 216 valence electrons. The van der Waals surface area contributed by atoms with E-state index in [1.54, 1.807) is 17.2 Å². The minimum Gasteiger partial charge on any atom is -0.444 e. The van der Waals surface area contributed by atoms with Gasteiger partial charge < -0.3 is 20.3 Å². The standard InChI is InChI=1S/C28H38N6O5S/c1-18-15-28(5,6)34(17-18)24-21(25(35)32-40(37,38)23-9-7-8-22(29)31-23)14-20(16-30-24)19-10-12-33(13-11-19)26(36)39-27(2,3)4/h7-10,14,16,18H,11-13,15,17H2,1-6H3,(H2,29,31)(H,32,35). The molecule has 4 rings (SSSR count). The second-order valence-electron chi connectivity index (χ2n) is 12.1. The Labute approximate surface area is 235 Å². The molecule has 2 amide bonds. The van der Waals surface area contributed by atoms with Crippen LogP contribution in [0, 0.1) is 5.92 Å². The van der Waals surface area contributed by atoms with Crippen LogP contribution in [-0.2, 0) is 14.8 Å². The second kappa shape index (κ2) is 10.7. The van der Waals surface area contributed by atoms with Crippen molar-refractivity contribution in [1.82, 2.24) is 19.6 Å². The molecule has 11 nitrogen and oxygen atoms in total. The van der Waals surface area contributed by atoms with Crippen LogP contribution in [0.25, 0.3) is 5.57 Å². The Morgan fingerprint density at radius 2 is 1.95 bits per heavy atom. The van der Waals surface area contributed by atoms with Crippen molar-refractivity contribution >= 4 is 39.2 Å². The SMILES string of the molecule is CC1CN(c2ncc(C3=CCN(C(=O)OC(C)(C)C)CC3)cc2C(=O)NS(=O)(=O)c2cccc(N)n2)C(C)(C)C1. The highest BCUT2D eigenvalue weighted by Gasteiger charge is 2.39. The average Bonchev–Trinajstić information content (AvgIpc) is 3.14. The normalized spacial score (nSPS) is 19.2. The Bertz CT molecular complexity index is 1450. The van der Waals surface area contributed by atoms with Crippen LogP contribution in [0.1, 0.15) is 70.3 Å². The summed E-state index contributed by atoms with van der Waals surface area (Å²) in [5.41, 5.74) is 6.52. The molecule has 1 fully saturated rings. The van der Waals surface area contributed by atoms with E-state index >= 15 is 0 Å². The van der Waals surface area contributed by atoms with E-state index in [9.17, 15) is 18.0 Å². The molecule has 1 saturated heterocycles. The maximum Gasteiger partial charge on any atom is 0.410 e. The molecule has 2 aromatic heterocycles. The molecular formula is C28H38N6O5S. The van der Waals surface area contributed by atoms with Crippen LogP contribution in [0.2, 0.25) is 0 Å². The summed E-state index contributed by atoms with van der Waals surface area (Å²) < 4.78 is 33.7. The molecule has 0 aromatic carbocycles. The molecule has 2 aliphatic rings. The van der Waals surface area contributed by atoms with Gasteiger partial charge in [0.15, 0.2) is 5.03 Å². The molecule has 0 aliphatic carbocycles. The van der Waals surface area contributed by atoms with Gasteiger partial charge in [0.25, 0.3) is 15.9 Å². The molecule has 2 aliphatic heterocycles. The van der Waals surface area contributed by atoms with Gasteiger partial charge >= 0.3 is 6.09 Å². The van der Waals surface area contributed by atoms with Gasteiger partial charge in [0.05, 0.1) is 5.56 Å². The Hall–Kier alpha value is -3.67. The van der Waals surface area contributed by atoms with Crippen molar-refractivity contribution in [2.24, 2.45) is 5.92 Å². The number of rotatable bonds is 5. The van der Waals surface area contributed by atoms with Crippen LogP contribution in [0.3, 0.4) is 0 Å². The van der Waals surface area contributed by atoms with E-state index < -0.39 is 21.5 Å². The molecular weight excluding hydrogens is 532 g/mol. The first-order valence-corrected chi connectivity index (χ1v) is 14.8. The van der Waals surface area contributed by atoms with E-state index in [4.69, 9.17) is 15.5 Å². The highest BCUT2D eigenvalue weighted by Crippen LogP contribution is 2.38. The van der Waals surface area contributed by atoms with Crippen molar-refractivity contribution in [3.63, 3.8) is 0 Å². The summed E-state index contributed by atoms with van der Waals surface area (Å²) in [5.74, 6) is -0.00140. The van der Waals surface area contributed by atoms with Crippen molar-refractivity contribution in [3.05, 3.63) is 47.7 Å². The Morgan fingerprint density at radius 1 is 1.23 bits per heavy atom. The first-order valence-electron chi connectivity index (χ1n) is 13.3. The molecule has 1 atom stereocenters. The monoisotopic (exact) mass is 570 g/mol. The number of hydrogen-bond donors (Lipinski definition) is 2. The van der Waals surface area contributed by atoms with E-state index in [2.05, 4.69) is 35.4 Å². The van der Waals surface area contributed by atoms with E-state index in [1.165, 1.54) is 18.2 Å². The predicted molar refractivity (Wildman–Crippen MR) is 153 cm³/mol. The quantitative estimate of drug-likeness (QED) is 0.547. The number of nitrogens with two attached hydrogens (primary N) is 1. The van der Waals surface area contributed by atoms with Crippen LogP contribution in [0.4, 0.5) is 16.4 Å². The second-order valence-corrected chi connectivity index (χ2v) is 13.7. The number of carbonyl (C=O) groups excluding carboxylic acids is 2. The minimum atomic E-state index is -4.29. The van der Waals surface area contributed by atoms with Crippen LogP contribution in [0.15, 0.2) is 41.6 Å². The molecule has 4 heterocycles. The zero-order valence-corrected chi connectivity index (χ0v) is 24.7. The van der Waals surface area contributed by atoms with Gasteiger partial charge in [-0.15, -0.1) is 0 Å². The van der Waals surface area contributed by atoms with Crippen LogP contribution < -0.4 is 15.4 Å². The van der Waals surface area contributed by atoms with Crippen LogP contribution in [0.5, 0.6) is 0 Å². The number of hydrogen-bond acceptors (Lipinski definition) is 9. The van der Waals surface area contributed by atoms with Crippen molar-refractivity contribution in [2.75, 3.05) is 30.3 Å². The summed E-state index contributed by atoms with van der Waals surface area (Å²) in [6.45, 7) is 13.2. The first kappa shape index (κ1) is 29.3. The molecule has 0 spiro atoms. The first-order chi connectivity index (χ1) is 18.6. The molecule has 3 N–H and O–H groups in total. The van der Waals surface area contributed by atoms with Gasteiger partial charge in [-0.05, 0) is 82.7 Å². The van der Waals surface area contributed by atoms with E-state index in [-0.39, 0.29) is 28.0 Å². The van der Waals surface area contributed by atoms with Gasteiger partial charge in [-0.25, -0.2) is 19.5 Å². The number of nitrogens with one attached hydrogen (secondary N) is 1. The summed E-state index contributed by atoms with van der Waals surface area (Å²) in [6, 6.07) is 5.87. The fourth-order valence-corrected chi connectivity index (χ4v) is 6.15. The summed E-state index contributed by atoms with van der Waals surface area (Å²) >= 11 is 0. The number of anilines is 2. The van der Waals surface area contributed by atoms with E-state index in [0.29, 0.717) is 43.4 Å². The smallest absolute Gasteiger partial charge is 0.410 e. The predicted octanol–water partition coefficient (Wildman–Crippen LogP) is 3.83.